The van der Waals surface area contributed by atoms with Crippen LogP contribution in [0.2, 0.25) is 0 Å². The third-order valence-electron chi connectivity index (χ3n) is 3.35. The molecule has 19 heavy (non-hydrogen) atoms. The molecule has 1 aromatic heterocycles. The van der Waals surface area contributed by atoms with E-state index < -0.39 is 0 Å². The standard InChI is InChI=1S/C16H22N2S/c1-13-4-6-15(7-5-13)18(3)10-9-17-12-16-14(2)8-11-19-16/h4-8,11,17H,9-10,12H2,1-3H3. The van der Waals surface area contributed by atoms with Crippen molar-refractivity contribution in [1.82, 2.24) is 5.32 Å². The first kappa shape index (κ1) is 14.1. The van der Waals surface area contributed by atoms with Gasteiger partial charge in [0.2, 0.25) is 0 Å². The minimum atomic E-state index is 0.977. The zero-order valence-electron chi connectivity index (χ0n) is 11.9. The van der Waals surface area contributed by atoms with Crippen LogP contribution in [0.1, 0.15) is 16.0 Å². The molecule has 1 aromatic carbocycles. The second-order valence-electron chi connectivity index (χ2n) is 4.96. The highest BCUT2D eigenvalue weighted by atomic mass is 32.1. The molecule has 0 aliphatic heterocycles. The van der Waals surface area contributed by atoms with E-state index in [-0.39, 0.29) is 0 Å². The summed E-state index contributed by atoms with van der Waals surface area (Å²) in [4.78, 5) is 3.73. The quantitative estimate of drug-likeness (QED) is 0.810. The molecule has 2 nitrogen and oxygen atoms in total. The lowest BCUT2D eigenvalue weighted by atomic mass is 10.2. The Bertz CT molecular complexity index is 502. The number of benzene rings is 1. The van der Waals surface area contributed by atoms with E-state index in [1.807, 2.05) is 11.3 Å². The van der Waals surface area contributed by atoms with Crippen molar-refractivity contribution < 1.29 is 0 Å². The van der Waals surface area contributed by atoms with E-state index in [1.165, 1.54) is 21.7 Å². The van der Waals surface area contributed by atoms with Crippen molar-refractivity contribution in [3.8, 4) is 0 Å². The van der Waals surface area contributed by atoms with Crippen LogP contribution in [0, 0.1) is 13.8 Å². The number of thiophene rings is 1. The molecule has 0 saturated heterocycles. The lowest BCUT2D eigenvalue weighted by molar-refractivity contribution is 0.684. The van der Waals surface area contributed by atoms with Crippen molar-refractivity contribution in [2.45, 2.75) is 20.4 Å². The van der Waals surface area contributed by atoms with Gasteiger partial charge < -0.3 is 10.2 Å². The van der Waals surface area contributed by atoms with Crippen LogP contribution in [0.4, 0.5) is 5.69 Å². The summed E-state index contributed by atoms with van der Waals surface area (Å²) >= 11 is 1.83. The molecule has 0 spiro atoms. The number of rotatable bonds is 6. The number of aryl methyl sites for hydroxylation is 2. The third kappa shape index (κ3) is 4.08. The highest BCUT2D eigenvalue weighted by molar-refractivity contribution is 7.10. The third-order valence-corrected chi connectivity index (χ3v) is 4.38. The van der Waals surface area contributed by atoms with Gasteiger partial charge >= 0.3 is 0 Å². The van der Waals surface area contributed by atoms with E-state index in [0.29, 0.717) is 0 Å². The fourth-order valence-electron chi connectivity index (χ4n) is 1.96. The Morgan fingerprint density at radius 2 is 1.84 bits per heavy atom. The van der Waals surface area contributed by atoms with Gasteiger partial charge in [-0.05, 0) is 43.0 Å². The fraction of sp³-hybridized carbons (Fsp3) is 0.375. The normalized spacial score (nSPS) is 10.7. The van der Waals surface area contributed by atoms with Crippen molar-refractivity contribution in [2.24, 2.45) is 0 Å². The van der Waals surface area contributed by atoms with E-state index in [9.17, 15) is 0 Å². The van der Waals surface area contributed by atoms with Crippen LogP contribution >= 0.6 is 11.3 Å². The summed E-state index contributed by atoms with van der Waals surface area (Å²) in [5.74, 6) is 0. The summed E-state index contributed by atoms with van der Waals surface area (Å²) in [5, 5.41) is 5.67. The van der Waals surface area contributed by atoms with Gasteiger partial charge in [0.1, 0.15) is 0 Å². The minimum absolute atomic E-state index is 0.977. The highest BCUT2D eigenvalue weighted by Gasteiger charge is 2.01. The summed E-state index contributed by atoms with van der Waals surface area (Å²) < 4.78 is 0. The average molecular weight is 274 g/mol. The van der Waals surface area contributed by atoms with Gasteiger partial charge in [-0.1, -0.05) is 17.7 Å². The summed E-state index contributed by atoms with van der Waals surface area (Å²) in [6, 6.07) is 10.9. The Morgan fingerprint density at radius 1 is 1.11 bits per heavy atom. The Morgan fingerprint density at radius 3 is 2.47 bits per heavy atom. The summed E-state index contributed by atoms with van der Waals surface area (Å²) in [7, 11) is 2.14. The van der Waals surface area contributed by atoms with Crippen molar-refractivity contribution in [3.05, 3.63) is 51.7 Å². The summed E-state index contributed by atoms with van der Waals surface area (Å²) in [6.45, 7) is 7.29. The van der Waals surface area contributed by atoms with Crippen LogP contribution in [0.25, 0.3) is 0 Å². The molecular formula is C16H22N2S. The maximum absolute atomic E-state index is 3.51. The Hall–Kier alpha value is -1.32. The van der Waals surface area contributed by atoms with Crippen molar-refractivity contribution in [3.63, 3.8) is 0 Å². The summed E-state index contributed by atoms with van der Waals surface area (Å²) in [5.41, 5.74) is 3.98. The van der Waals surface area contributed by atoms with Gasteiger partial charge in [0, 0.05) is 37.2 Å². The first-order chi connectivity index (χ1) is 9.16. The van der Waals surface area contributed by atoms with Crippen molar-refractivity contribution in [2.75, 3.05) is 25.0 Å². The molecule has 0 atom stereocenters. The van der Waals surface area contributed by atoms with Gasteiger partial charge in [-0.3, -0.25) is 0 Å². The van der Waals surface area contributed by atoms with Gasteiger partial charge in [0.05, 0.1) is 0 Å². The molecule has 1 heterocycles. The Kier molecular flexibility index (Phi) is 5.00. The molecule has 1 N–H and O–H groups in total. The minimum Gasteiger partial charge on any atom is -0.373 e. The van der Waals surface area contributed by atoms with Crippen LogP contribution in [-0.4, -0.2) is 20.1 Å². The molecule has 3 heteroatoms. The second-order valence-corrected chi connectivity index (χ2v) is 5.96. The number of likely N-dealkylation sites (N-methyl/N-ethyl adjacent to an activating group) is 1. The van der Waals surface area contributed by atoms with Gasteiger partial charge in [-0.15, -0.1) is 11.3 Å². The zero-order valence-corrected chi connectivity index (χ0v) is 12.8. The molecule has 0 bridgehead atoms. The molecule has 0 unspecified atom stereocenters. The Labute approximate surface area is 120 Å². The van der Waals surface area contributed by atoms with E-state index in [0.717, 1.165) is 19.6 Å². The summed E-state index contributed by atoms with van der Waals surface area (Å²) in [6.07, 6.45) is 0. The zero-order chi connectivity index (χ0) is 13.7. The monoisotopic (exact) mass is 274 g/mol. The maximum Gasteiger partial charge on any atom is 0.0364 e. The lowest BCUT2D eigenvalue weighted by Crippen LogP contribution is -2.28. The largest absolute Gasteiger partial charge is 0.373 e. The van der Waals surface area contributed by atoms with Crippen molar-refractivity contribution in [1.29, 1.82) is 0 Å². The molecule has 0 radical (unpaired) electrons. The first-order valence-corrected chi connectivity index (χ1v) is 7.56. The predicted octanol–water partition coefficient (Wildman–Crippen LogP) is 3.59. The number of hydrogen-bond acceptors (Lipinski definition) is 3. The number of hydrogen-bond donors (Lipinski definition) is 1. The van der Waals surface area contributed by atoms with Gasteiger partial charge in [0.15, 0.2) is 0 Å². The average Bonchev–Trinajstić information content (AvgIpc) is 2.81. The predicted molar refractivity (Wildman–Crippen MR) is 85.2 cm³/mol. The van der Waals surface area contributed by atoms with Crippen molar-refractivity contribution >= 4 is 17.0 Å². The highest BCUT2D eigenvalue weighted by Crippen LogP contribution is 2.15. The van der Waals surface area contributed by atoms with E-state index >= 15 is 0 Å². The van der Waals surface area contributed by atoms with E-state index in [1.54, 1.807) is 0 Å². The molecule has 102 valence electrons. The fourth-order valence-corrected chi connectivity index (χ4v) is 2.84. The molecule has 0 aliphatic carbocycles. The number of anilines is 1. The molecule has 0 fully saturated rings. The molecule has 0 aliphatic rings. The van der Waals surface area contributed by atoms with Crippen LogP contribution in [-0.2, 0) is 6.54 Å². The van der Waals surface area contributed by atoms with E-state index in [2.05, 4.69) is 66.8 Å². The first-order valence-electron chi connectivity index (χ1n) is 6.68. The maximum atomic E-state index is 3.51. The van der Waals surface area contributed by atoms with Gasteiger partial charge in [-0.25, -0.2) is 0 Å². The SMILES string of the molecule is Cc1ccc(N(C)CCNCc2sccc2C)cc1. The molecular weight excluding hydrogens is 252 g/mol. The van der Waals surface area contributed by atoms with Crippen LogP contribution < -0.4 is 10.2 Å². The second kappa shape index (κ2) is 6.73. The topological polar surface area (TPSA) is 15.3 Å². The van der Waals surface area contributed by atoms with Gasteiger partial charge in [-0.2, -0.15) is 0 Å². The van der Waals surface area contributed by atoms with Crippen LogP contribution in [0.15, 0.2) is 35.7 Å². The van der Waals surface area contributed by atoms with Gasteiger partial charge in [0.25, 0.3) is 0 Å². The number of nitrogens with one attached hydrogen (secondary N) is 1. The molecule has 2 rings (SSSR count). The molecule has 0 saturated carbocycles. The van der Waals surface area contributed by atoms with Crippen LogP contribution in [0.3, 0.4) is 0 Å². The molecule has 0 amide bonds. The van der Waals surface area contributed by atoms with Crippen LogP contribution in [0.5, 0.6) is 0 Å². The van der Waals surface area contributed by atoms with E-state index in [4.69, 9.17) is 0 Å². The smallest absolute Gasteiger partial charge is 0.0364 e. The Balaban J connectivity index is 1.73. The number of nitrogens with zero attached hydrogens (tertiary/aromatic N) is 1. The lowest BCUT2D eigenvalue weighted by Gasteiger charge is -2.19. The molecule has 2 aromatic rings.